The molecule has 5 heteroatoms. The van der Waals surface area contributed by atoms with Crippen LogP contribution in [0.5, 0.6) is 0 Å². The topological polar surface area (TPSA) is 65.2 Å². The van der Waals surface area contributed by atoms with Crippen LogP contribution in [0.15, 0.2) is 30.3 Å². The van der Waals surface area contributed by atoms with Crippen LogP contribution in [0.3, 0.4) is 0 Å². The fourth-order valence-electron chi connectivity index (χ4n) is 3.08. The number of ketones is 1. The van der Waals surface area contributed by atoms with E-state index in [-0.39, 0.29) is 17.7 Å². The van der Waals surface area contributed by atoms with Crippen molar-refractivity contribution in [1.82, 2.24) is 10.3 Å². The standard InChI is InChI=1S/C20H27N3O2/c1-6-17-18(15(4)24)14(3)22-19(17)20(25)21-12-13(2)23(5)16-10-8-7-9-11-16/h7-11,13,22H,6,12H2,1-5H3,(H,21,25). The number of benzene rings is 1. The number of likely N-dealkylation sites (N-methyl/N-ethyl adjacent to an activating group) is 1. The summed E-state index contributed by atoms with van der Waals surface area (Å²) in [5.74, 6) is -0.178. The number of aryl methyl sites for hydroxylation is 1. The number of carbonyl (C=O) groups is 2. The number of aromatic amines is 1. The zero-order valence-corrected chi connectivity index (χ0v) is 15.6. The molecule has 0 aliphatic carbocycles. The van der Waals surface area contributed by atoms with Crippen molar-refractivity contribution in [3.8, 4) is 0 Å². The molecule has 1 atom stereocenters. The van der Waals surface area contributed by atoms with Crippen LogP contribution in [0.4, 0.5) is 5.69 Å². The monoisotopic (exact) mass is 341 g/mol. The zero-order chi connectivity index (χ0) is 18.6. The Labute approximate surface area is 149 Å². The molecule has 1 heterocycles. The predicted octanol–water partition coefficient (Wildman–Crippen LogP) is 3.34. The van der Waals surface area contributed by atoms with Gasteiger partial charge in [0.25, 0.3) is 5.91 Å². The molecule has 0 radical (unpaired) electrons. The number of rotatable bonds is 7. The molecule has 0 aliphatic rings. The summed E-state index contributed by atoms with van der Waals surface area (Å²) in [4.78, 5) is 29.7. The first-order chi connectivity index (χ1) is 11.9. The lowest BCUT2D eigenvalue weighted by atomic mass is 10.0. The normalized spacial score (nSPS) is 11.9. The van der Waals surface area contributed by atoms with Gasteiger partial charge in [0.05, 0.1) is 0 Å². The number of hydrogen-bond acceptors (Lipinski definition) is 3. The maximum atomic E-state index is 12.6. The molecule has 5 nitrogen and oxygen atoms in total. The summed E-state index contributed by atoms with van der Waals surface area (Å²) in [5.41, 5.74) is 3.80. The fourth-order valence-corrected chi connectivity index (χ4v) is 3.08. The minimum atomic E-state index is -0.166. The molecule has 1 unspecified atom stereocenters. The number of amides is 1. The van der Waals surface area contributed by atoms with E-state index in [0.717, 1.165) is 16.9 Å². The molecule has 0 bridgehead atoms. The Bertz CT molecular complexity index is 750. The van der Waals surface area contributed by atoms with Crippen LogP contribution >= 0.6 is 0 Å². The number of Topliss-reactive ketones (excluding diaryl/α,β-unsaturated/α-hetero) is 1. The van der Waals surface area contributed by atoms with Crippen LogP contribution in [-0.4, -0.2) is 36.3 Å². The minimum absolute atomic E-state index is 0.0122. The molecular formula is C20H27N3O2. The third-order valence-corrected chi connectivity index (χ3v) is 4.61. The highest BCUT2D eigenvalue weighted by Crippen LogP contribution is 2.20. The molecule has 1 amide bonds. The molecule has 0 saturated heterocycles. The largest absolute Gasteiger partial charge is 0.370 e. The summed E-state index contributed by atoms with van der Waals surface area (Å²) in [6, 6.07) is 10.2. The van der Waals surface area contributed by atoms with Gasteiger partial charge in [0.2, 0.25) is 0 Å². The number of aromatic nitrogens is 1. The lowest BCUT2D eigenvalue weighted by Gasteiger charge is -2.27. The Kier molecular flexibility index (Phi) is 6.02. The van der Waals surface area contributed by atoms with E-state index in [9.17, 15) is 9.59 Å². The number of nitrogens with zero attached hydrogens (tertiary/aromatic N) is 1. The maximum Gasteiger partial charge on any atom is 0.268 e. The van der Waals surface area contributed by atoms with Crippen LogP contribution in [0.25, 0.3) is 0 Å². The summed E-state index contributed by atoms with van der Waals surface area (Å²) in [5, 5.41) is 2.98. The fraction of sp³-hybridized carbons (Fsp3) is 0.400. The van der Waals surface area contributed by atoms with Gasteiger partial charge < -0.3 is 15.2 Å². The van der Waals surface area contributed by atoms with Crippen molar-refractivity contribution >= 4 is 17.4 Å². The maximum absolute atomic E-state index is 12.6. The third-order valence-electron chi connectivity index (χ3n) is 4.61. The average molecular weight is 341 g/mol. The highest BCUT2D eigenvalue weighted by molar-refractivity contribution is 6.02. The average Bonchev–Trinajstić information content (AvgIpc) is 2.96. The van der Waals surface area contributed by atoms with Crippen LogP contribution < -0.4 is 10.2 Å². The summed E-state index contributed by atoms with van der Waals surface area (Å²) in [6.07, 6.45) is 0.640. The second kappa shape index (κ2) is 8.01. The predicted molar refractivity (Wildman–Crippen MR) is 102 cm³/mol. The van der Waals surface area contributed by atoms with Crippen molar-refractivity contribution in [1.29, 1.82) is 0 Å². The lowest BCUT2D eigenvalue weighted by Crippen LogP contribution is -2.40. The molecule has 134 valence electrons. The molecule has 25 heavy (non-hydrogen) atoms. The Morgan fingerprint density at radius 1 is 1.24 bits per heavy atom. The van der Waals surface area contributed by atoms with E-state index < -0.39 is 0 Å². The van der Waals surface area contributed by atoms with Crippen LogP contribution in [0, 0.1) is 6.92 Å². The third kappa shape index (κ3) is 4.10. The van der Waals surface area contributed by atoms with Crippen molar-refractivity contribution in [3.63, 3.8) is 0 Å². The van der Waals surface area contributed by atoms with Crippen LogP contribution in [0.2, 0.25) is 0 Å². The number of H-pyrrole nitrogens is 1. The van der Waals surface area contributed by atoms with Gasteiger partial charge in [-0.15, -0.1) is 0 Å². The molecule has 0 saturated carbocycles. The van der Waals surface area contributed by atoms with E-state index in [1.165, 1.54) is 6.92 Å². The number of nitrogens with one attached hydrogen (secondary N) is 2. The molecule has 0 aliphatic heterocycles. The highest BCUT2D eigenvalue weighted by Gasteiger charge is 2.22. The van der Waals surface area contributed by atoms with Gasteiger partial charge in [-0.3, -0.25) is 9.59 Å². The Hall–Kier alpha value is -2.56. The van der Waals surface area contributed by atoms with Crippen LogP contribution in [0.1, 0.15) is 52.9 Å². The first-order valence-electron chi connectivity index (χ1n) is 8.65. The second-order valence-electron chi connectivity index (χ2n) is 6.39. The summed E-state index contributed by atoms with van der Waals surface area (Å²) >= 11 is 0. The van der Waals surface area contributed by atoms with E-state index in [0.29, 0.717) is 24.2 Å². The molecule has 0 fully saturated rings. The first-order valence-corrected chi connectivity index (χ1v) is 8.65. The molecule has 1 aromatic heterocycles. The molecule has 2 aromatic rings. The molecule has 2 rings (SSSR count). The van der Waals surface area contributed by atoms with Gasteiger partial charge in [0.15, 0.2) is 5.78 Å². The van der Waals surface area contributed by atoms with Crippen molar-refractivity contribution in [3.05, 3.63) is 52.8 Å². The molecular weight excluding hydrogens is 314 g/mol. The first kappa shape index (κ1) is 18.8. The number of anilines is 1. The van der Waals surface area contributed by atoms with E-state index >= 15 is 0 Å². The lowest BCUT2D eigenvalue weighted by molar-refractivity contribution is 0.0946. The second-order valence-corrected chi connectivity index (χ2v) is 6.39. The van der Waals surface area contributed by atoms with Gasteiger partial charge in [-0.25, -0.2) is 0 Å². The molecule has 2 N–H and O–H groups in total. The van der Waals surface area contributed by atoms with E-state index in [4.69, 9.17) is 0 Å². The van der Waals surface area contributed by atoms with E-state index in [1.807, 2.05) is 51.2 Å². The van der Waals surface area contributed by atoms with Crippen molar-refractivity contribution in [2.75, 3.05) is 18.5 Å². The van der Waals surface area contributed by atoms with Gasteiger partial charge in [-0.2, -0.15) is 0 Å². The van der Waals surface area contributed by atoms with Gasteiger partial charge >= 0.3 is 0 Å². The van der Waals surface area contributed by atoms with Gasteiger partial charge in [-0.05, 0) is 44.9 Å². The zero-order valence-electron chi connectivity index (χ0n) is 15.6. The summed E-state index contributed by atoms with van der Waals surface area (Å²) in [6.45, 7) is 7.90. The van der Waals surface area contributed by atoms with Gasteiger partial charge in [0, 0.05) is 36.6 Å². The molecule has 1 aromatic carbocycles. The van der Waals surface area contributed by atoms with Crippen molar-refractivity contribution in [2.24, 2.45) is 0 Å². The van der Waals surface area contributed by atoms with Crippen molar-refractivity contribution < 1.29 is 9.59 Å². The van der Waals surface area contributed by atoms with Gasteiger partial charge in [-0.1, -0.05) is 25.1 Å². The molecule has 0 spiro atoms. The minimum Gasteiger partial charge on any atom is -0.370 e. The smallest absolute Gasteiger partial charge is 0.268 e. The van der Waals surface area contributed by atoms with E-state index in [2.05, 4.69) is 22.1 Å². The van der Waals surface area contributed by atoms with Crippen molar-refractivity contribution in [2.45, 2.75) is 40.2 Å². The Balaban J connectivity index is 2.08. The quantitative estimate of drug-likeness (QED) is 0.759. The Morgan fingerprint density at radius 3 is 2.44 bits per heavy atom. The number of para-hydroxylation sites is 1. The highest BCUT2D eigenvalue weighted by atomic mass is 16.2. The Morgan fingerprint density at radius 2 is 1.88 bits per heavy atom. The van der Waals surface area contributed by atoms with Crippen LogP contribution in [-0.2, 0) is 6.42 Å². The number of carbonyl (C=O) groups excluding carboxylic acids is 2. The summed E-state index contributed by atoms with van der Waals surface area (Å²) in [7, 11) is 2.01. The number of hydrogen-bond donors (Lipinski definition) is 2. The SMILES string of the molecule is CCc1c(C(=O)NCC(C)N(C)c2ccccc2)[nH]c(C)c1C(C)=O. The summed E-state index contributed by atoms with van der Waals surface area (Å²) < 4.78 is 0. The van der Waals surface area contributed by atoms with E-state index in [1.54, 1.807) is 0 Å². The van der Waals surface area contributed by atoms with Gasteiger partial charge in [0.1, 0.15) is 5.69 Å².